The molecule has 0 N–H and O–H groups in total. The third kappa shape index (κ3) is 4.89. The van der Waals surface area contributed by atoms with E-state index in [1.54, 1.807) is 9.80 Å². The molecule has 0 saturated carbocycles. The summed E-state index contributed by atoms with van der Waals surface area (Å²) in [5.41, 5.74) is 3.10. The molecule has 0 bridgehead atoms. The van der Waals surface area contributed by atoms with Crippen LogP contribution in [0.1, 0.15) is 31.9 Å². The van der Waals surface area contributed by atoms with Gasteiger partial charge in [0.15, 0.2) is 0 Å². The number of allylic oxidation sites excluding steroid dienone is 1. The molecule has 6 nitrogen and oxygen atoms in total. The Morgan fingerprint density at radius 1 is 0.971 bits per heavy atom. The van der Waals surface area contributed by atoms with Crippen LogP contribution in [0.15, 0.2) is 71.1 Å². The Kier molecular flexibility index (Phi) is 7.41. The van der Waals surface area contributed by atoms with E-state index in [1.807, 2.05) is 81.4 Å². The Morgan fingerprint density at radius 2 is 1.59 bits per heavy atom. The van der Waals surface area contributed by atoms with E-state index in [0.29, 0.717) is 26.1 Å². The van der Waals surface area contributed by atoms with E-state index in [4.69, 9.17) is 0 Å². The van der Waals surface area contributed by atoms with Gasteiger partial charge in [-0.25, -0.2) is 4.79 Å². The number of fused-ring (bicyclic) bond motifs is 1. The van der Waals surface area contributed by atoms with Crippen LogP contribution in [-0.4, -0.2) is 57.6 Å². The molecule has 1 saturated heterocycles. The zero-order valence-electron chi connectivity index (χ0n) is 19.9. The van der Waals surface area contributed by atoms with Gasteiger partial charge in [-0.2, -0.15) is 0 Å². The zero-order chi connectivity index (χ0) is 24.2. The van der Waals surface area contributed by atoms with Gasteiger partial charge in [0.25, 0.3) is 0 Å². The van der Waals surface area contributed by atoms with E-state index in [2.05, 4.69) is 0 Å². The minimum Gasteiger partial charge on any atom is -0.337 e. The predicted octanol–water partition coefficient (Wildman–Crippen LogP) is 4.53. The average molecular weight is 478 g/mol. The summed E-state index contributed by atoms with van der Waals surface area (Å²) in [5.74, 6) is -0.679. The molecule has 0 aromatic heterocycles. The van der Waals surface area contributed by atoms with Crippen LogP contribution in [-0.2, 0) is 22.6 Å². The maximum atomic E-state index is 13.5. The van der Waals surface area contributed by atoms with Gasteiger partial charge in [-0.05, 0) is 48.8 Å². The lowest BCUT2D eigenvalue weighted by Gasteiger charge is -2.42. The standard InChI is InChI=1S/C27H31N3O3S/c1-4-28(17-22-13-9-6-10-14-22)23(31)18-30-26-24(19(2)20(3)34-26)25(32)29(27(30)33)16-15-21-11-7-5-8-12-21/h5-14,24,26H,4,15-18H2,1-3H3. The Bertz CT molecular complexity index is 1090. The number of thioether (sulfide) groups is 1. The molecule has 34 heavy (non-hydrogen) atoms. The number of rotatable bonds is 8. The number of hydrogen-bond acceptors (Lipinski definition) is 4. The van der Waals surface area contributed by atoms with Gasteiger partial charge in [0, 0.05) is 19.6 Å². The fourth-order valence-electron chi connectivity index (χ4n) is 4.53. The van der Waals surface area contributed by atoms with Gasteiger partial charge >= 0.3 is 6.03 Å². The third-order valence-corrected chi connectivity index (χ3v) is 8.09. The first-order valence-corrected chi connectivity index (χ1v) is 12.6. The fraction of sp³-hybridized carbons (Fsp3) is 0.370. The van der Waals surface area contributed by atoms with Crippen molar-refractivity contribution in [1.29, 1.82) is 0 Å². The predicted molar refractivity (Wildman–Crippen MR) is 135 cm³/mol. The highest BCUT2D eigenvalue weighted by atomic mass is 32.2. The summed E-state index contributed by atoms with van der Waals surface area (Å²) in [4.78, 5) is 46.0. The number of carbonyl (C=O) groups excluding carboxylic acids is 3. The molecular formula is C27H31N3O3S. The number of imide groups is 1. The molecule has 2 aliphatic heterocycles. The van der Waals surface area contributed by atoms with Gasteiger partial charge in [-0.3, -0.25) is 14.5 Å². The van der Waals surface area contributed by atoms with Gasteiger partial charge in [-0.15, -0.1) is 11.8 Å². The summed E-state index contributed by atoms with van der Waals surface area (Å²) in [6.07, 6.45) is 0.585. The molecule has 4 amide bonds. The van der Waals surface area contributed by atoms with Crippen molar-refractivity contribution in [3.05, 3.63) is 82.3 Å². The minimum atomic E-state index is -0.407. The molecule has 0 spiro atoms. The van der Waals surface area contributed by atoms with Crippen LogP contribution in [0.3, 0.4) is 0 Å². The van der Waals surface area contributed by atoms with Crippen LogP contribution in [0, 0.1) is 5.92 Å². The molecular weight excluding hydrogens is 446 g/mol. The third-order valence-electron chi connectivity index (χ3n) is 6.64. The van der Waals surface area contributed by atoms with Crippen molar-refractivity contribution in [1.82, 2.24) is 14.7 Å². The second kappa shape index (κ2) is 10.5. The molecule has 178 valence electrons. The van der Waals surface area contributed by atoms with Crippen molar-refractivity contribution in [2.75, 3.05) is 19.6 Å². The van der Waals surface area contributed by atoms with Crippen molar-refractivity contribution >= 4 is 29.6 Å². The number of amides is 4. The van der Waals surface area contributed by atoms with Crippen LogP contribution in [0.25, 0.3) is 0 Å². The quantitative estimate of drug-likeness (QED) is 0.561. The topological polar surface area (TPSA) is 60.9 Å². The Hall–Kier alpha value is -3.06. The second-order valence-electron chi connectivity index (χ2n) is 8.75. The SMILES string of the molecule is CCN(Cc1ccccc1)C(=O)CN1C(=O)N(CCc2ccccc2)C(=O)C2C(C)=C(C)SC21. The molecule has 7 heteroatoms. The highest BCUT2D eigenvalue weighted by molar-refractivity contribution is 8.03. The van der Waals surface area contributed by atoms with E-state index >= 15 is 0 Å². The summed E-state index contributed by atoms with van der Waals surface area (Å²) in [6, 6.07) is 19.3. The molecule has 2 aromatic carbocycles. The lowest BCUT2D eigenvalue weighted by Crippen LogP contribution is -2.62. The van der Waals surface area contributed by atoms with Crippen LogP contribution < -0.4 is 0 Å². The number of carbonyl (C=O) groups is 3. The fourth-order valence-corrected chi connectivity index (χ4v) is 5.95. The van der Waals surface area contributed by atoms with E-state index in [-0.39, 0.29) is 29.8 Å². The Balaban J connectivity index is 1.54. The van der Waals surface area contributed by atoms with Crippen molar-refractivity contribution in [2.24, 2.45) is 5.92 Å². The summed E-state index contributed by atoms with van der Waals surface area (Å²) >= 11 is 1.52. The smallest absolute Gasteiger partial charge is 0.328 e. The average Bonchev–Trinajstić information content (AvgIpc) is 3.15. The maximum absolute atomic E-state index is 13.5. The Labute approximate surface area is 205 Å². The van der Waals surface area contributed by atoms with Crippen LogP contribution in [0.2, 0.25) is 0 Å². The molecule has 2 unspecified atom stereocenters. The van der Waals surface area contributed by atoms with E-state index in [9.17, 15) is 14.4 Å². The van der Waals surface area contributed by atoms with E-state index in [1.165, 1.54) is 16.7 Å². The molecule has 0 aliphatic carbocycles. The molecule has 2 atom stereocenters. The monoisotopic (exact) mass is 477 g/mol. The van der Waals surface area contributed by atoms with Crippen molar-refractivity contribution in [2.45, 2.75) is 39.1 Å². The first-order chi connectivity index (χ1) is 16.4. The summed E-state index contributed by atoms with van der Waals surface area (Å²) in [6.45, 7) is 7.19. The molecule has 0 radical (unpaired) electrons. The number of hydrogen-bond donors (Lipinski definition) is 0. The first-order valence-electron chi connectivity index (χ1n) is 11.7. The molecule has 2 aliphatic rings. The van der Waals surface area contributed by atoms with Gasteiger partial charge < -0.3 is 9.80 Å². The van der Waals surface area contributed by atoms with Crippen LogP contribution in [0.4, 0.5) is 4.79 Å². The highest BCUT2D eigenvalue weighted by Crippen LogP contribution is 2.46. The van der Waals surface area contributed by atoms with Gasteiger partial charge in [0.1, 0.15) is 6.54 Å². The van der Waals surface area contributed by atoms with Crippen molar-refractivity contribution in [3.8, 4) is 0 Å². The van der Waals surface area contributed by atoms with Crippen LogP contribution in [0.5, 0.6) is 0 Å². The number of benzene rings is 2. The maximum Gasteiger partial charge on any atom is 0.328 e. The highest BCUT2D eigenvalue weighted by Gasteiger charge is 2.51. The van der Waals surface area contributed by atoms with Crippen LogP contribution >= 0.6 is 11.8 Å². The lowest BCUT2D eigenvalue weighted by atomic mass is 9.95. The Morgan fingerprint density at radius 3 is 2.21 bits per heavy atom. The molecule has 1 fully saturated rings. The normalized spacial score (nSPS) is 20.1. The van der Waals surface area contributed by atoms with E-state index < -0.39 is 5.92 Å². The summed E-state index contributed by atoms with van der Waals surface area (Å²) in [5, 5.41) is -0.368. The first kappa shape index (κ1) is 24.1. The van der Waals surface area contributed by atoms with Gasteiger partial charge in [-0.1, -0.05) is 60.7 Å². The minimum absolute atomic E-state index is 0.0383. The van der Waals surface area contributed by atoms with Gasteiger partial charge in [0.05, 0.1) is 11.3 Å². The largest absolute Gasteiger partial charge is 0.337 e. The number of nitrogens with zero attached hydrogens (tertiary/aromatic N) is 3. The summed E-state index contributed by atoms with van der Waals surface area (Å²) in [7, 11) is 0. The van der Waals surface area contributed by atoms with Gasteiger partial charge in [0.2, 0.25) is 11.8 Å². The molecule has 4 rings (SSSR count). The lowest BCUT2D eigenvalue weighted by molar-refractivity contribution is -0.139. The van der Waals surface area contributed by atoms with Crippen molar-refractivity contribution < 1.29 is 14.4 Å². The second-order valence-corrected chi connectivity index (χ2v) is 10.1. The van der Waals surface area contributed by atoms with Crippen molar-refractivity contribution in [3.63, 3.8) is 0 Å². The summed E-state index contributed by atoms with van der Waals surface area (Å²) < 4.78 is 0. The number of likely N-dealkylation sites (N-methyl/N-ethyl adjacent to an activating group) is 1. The van der Waals surface area contributed by atoms with E-state index in [0.717, 1.165) is 21.6 Å². The number of urea groups is 1. The zero-order valence-corrected chi connectivity index (χ0v) is 20.8. The molecule has 2 heterocycles. The molecule has 2 aromatic rings.